The third-order valence-electron chi connectivity index (χ3n) is 3.35. The van der Waals surface area contributed by atoms with E-state index in [1.165, 1.54) is 0 Å². The second-order valence-electron chi connectivity index (χ2n) is 4.82. The zero-order chi connectivity index (χ0) is 14.8. The highest BCUT2D eigenvalue weighted by molar-refractivity contribution is 6.31. The average Bonchev–Trinajstić information content (AvgIpc) is 2.93. The minimum Gasteiger partial charge on any atom is -0.398 e. The maximum atomic E-state index is 6.18. The fraction of sp³-hybridized carbons (Fsp3) is 0.133. The van der Waals surface area contributed by atoms with Gasteiger partial charge >= 0.3 is 0 Å². The van der Waals surface area contributed by atoms with Crippen LogP contribution in [0.15, 0.2) is 42.5 Å². The molecule has 6 heteroatoms. The van der Waals surface area contributed by atoms with Gasteiger partial charge in [0.05, 0.1) is 6.54 Å². The van der Waals surface area contributed by atoms with E-state index in [9.17, 15) is 0 Å². The van der Waals surface area contributed by atoms with E-state index in [1.54, 1.807) is 4.68 Å². The number of aryl methyl sites for hydroxylation is 1. The molecule has 2 N–H and O–H groups in total. The van der Waals surface area contributed by atoms with Crippen LogP contribution in [0.3, 0.4) is 0 Å². The first kappa shape index (κ1) is 13.6. The van der Waals surface area contributed by atoms with Gasteiger partial charge in [0, 0.05) is 16.3 Å². The number of nitrogen functional groups attached to an aromatic ring is 1. The lowest BCUT2D eigenvalue weighted by molar-refractivity contribution is 0.653. The van der Waals surface area contributed by atoms with Gasteiger partial charge in [-0.2, -0.15) is 0 Å². The van der Waals surface area contributed by atoms with Crippen molar-refractivity contribution in [2.45, 2.75) is 13.5 Å². The minimum atomic E-state index is 0.510. The normalized spacial score (nSPS) is 10.8. The van der Waals surface area contributed by atoms with Gasteiger partial charge in [-0.25, -0.2) is 4.68 Å². The molecule has 0 spiro atoms. The van der Waals surface area contributed by atoms with E-state index in [-0.39, 0.29) is 0 Å². The van der Waals surface area contributed by atoms with Crippen molar-refractivity contribution in [3.05, 3.63) is 58.6 Å². The number of hydrogen-bond acceptors (Lipinski definition) is 4. The van der Waals surface area contributed by atoms with E-state index in [0.717, 1.165) is 22.4 Å². The Morgan fingerprint density at radius 1 is 1.19 bits per heavy atom. The van der Waals surface area contributed by atoms with Gasteiger partial charge in [-0.1, -0.05) is 41.9 Å². The van der Waals surface area contributed by atoms with Gasteiger partial charge in [0.25, 0.3) is 0 Å². The molecule has 3 rings (SSSR count). The lowest BCUT2D eigenvalue weighted by Crippen LogP contribution is -2.05. The molecule has 5 nitrogen and oxygen atoms in total. The first-order chi connectivity index (χ1) is 10.1. The van der Waals surface area contributed by atoms with Crippen LogP contribution in [0, 0.1) is 6.92 Å². The van der Waals surface area contributed by atoms with E-state index in [0.29, 0.717) is 17.4 Å². The Kier molecular flexibility index (Phi) is 3.58. The third kappa shape index (κ3) is 2.73. The van der Waals surface area contributed by atoms with Crippen molar-refractivity contribution in [3.63, 3.8) is 0 Å². The molecule has 0 aliphatic heterocycles. The van der Waals surface area contributed by atoms with Crippen LogP contribution in [0.25, 0.3) is 11.4 Å². The van der Waals surface area contributed by atoms with Crippen molar-refractivity contribution >= 4 is 17.3 Å². The first-order valence-corrected chi connectivity index (χ1v) is 6.89. The number of anilines is 1. The zero-order valence-electron chi connectivity index (χ0n) is 11.5. The quantitative estimate of drug-likeness (QED) is 0.755. The summed E-state index contributed by atoms with van der Waals surface area (Å²) in [6.07, 6.45) is 0. The Labute approximate surface area is 127 Å². The lowest BCUT2D eigenvalue weighted by atomic mass is 10.1. The smallest absolute Gasteiger partial charge is 0.182 e. The summed E-state index contributed by atoms with van der Waals surface area (Å²) in [4.78, 5) is 0. The molecule has 0 radical (unpaired) electrons. The number of benzene rings is 2. The Balaban J connectivity index is 1.97. The van der Waals surface area contributed by atoms with Crippen LogP contribution in [0.5, 0.6) is 0 Å². The third-order valence-corrected chi connectivity index (χ3v) is 3.72. The standard InChI is InChI=1S/C15H14ClN5/c1-10-6-7-11(8-14(10)17)15-18-19-20-21(15)9-12-4-2-3-5-13(12)16/h2-8H,9,17H2,1H3. The van der Waals surface area contributed by atoms with Crippen molar-refractivity contribution in [1.82, 2.24) is 20.2 Å². The average molecular weight is 300 g/mol. The molecular formula is C15H14ClN5. The fourth-order valence-electron chi connectivity index (χ4n) is 2.09. The van der Waals surface area contributed by atoms with Gasteiger partial charge in [-0.3, -0.25) is 0 Å². The molecule has 0 aliphatic rings. The van der Waals surface area contributed by atoms with Gasteiger partial charge in [-0.05, 0) is 40.6 Å². The molecule has 0 saturated heterocycles. The first-order valence-electron chi connectivity index (χ1n) is 6.51. The zero-order valence-corrected chi connectivity index (χ0v) is 12.2. The summed E-state index contributed by atoms with van der Waals surface area (Å²) in [6.45, 7) is 2.47. The molecule has 0 atom stereocenters. The molecule has 1 aromatic heterocycles. The van der Waals surface area contributed by atoms with E-state index in [1.807, 2.05) is 49.4 Å². The SMILES string of the molecule is Cc1ccc(-c2nnnn2Cc2ccccc2Cl)cc1N. The van der Waals surface area contributed by atoms with Crippen LogP contribution in [0.4, 0.5) is 5.69 Å². The summed E-state index contributed by atoms with van der Waals surface area (Å²) in [7, 11) is 0. The lowest BCUT2D eigenvalue weighted by Gasteiger charge is -2.08. The molecule has 0 amide bonds. The summed E-state index contributed by atoms with van der Waals surface area (Å²) in [5, 5.41) is 12.6. The summed E-state index contributed by atoms with van der Waals surface area (Å²) in [5.41, 5.74) is 9.56. The van der Waals surface area contributed by atoms with Crippen molar-refractivity contribution in [1.29, 1.82) is 0 Å². The van der Waals surface area contributed by atoms with Crippen LogP contribution in [-0.2, 0) is 6.54 Å². The van der Waals surface area contributed by atoms with E-state index < -0.39 is 0 Å². The van der Waals surface area contributed by atoms with Crippen molar-refractivity contribution < 1.29 is 0 Å². The largest absolute Gasteiger partial charge is 0.398 e. The van der Waals surface area contributed by atoms with Crippen LogP contribution in [0.2, 0.25) is 5.02 Å². The minimum absolute atomic E-state index is 0.510. The maximum absolute atomic E-state index is 6.18. The summed E-state index contributed by atoms with van der Waals surface area (Å²) in [6, 6.07) is 13.4. The van der Waals surface area contributed by atoms with Crippen LogP contribution < -0.4 is 5.73 Å². The van der Waals surface area contributed by atoms with Gasteiger partial charge in [0.2, 0.25) is 0 Å². The van der Waals surface area contributed by atoms with Crippen LogP contribution >= 0.6 is 11.6 Å². The topological polar surface area (TPSA) is 69.6 Å². The molecule has 21 heavy (non-hydrogen) atoms. The maximum Gasteiger partial charge on any atom is 0.182 e. The monoisotopic (exact) mass is 299 g/mol. The highest BCUT2D eigenvalue weighted by Gasteiger charge is 2.11. The highest BCUT2D eigenvalue weighted by Crippen LogP contribution is 2.23. The fourth-order valence-corrected chi connectivity index (χ4v) is 2.28. The number of tetrazole rings is 1. The molecular weight excluding hydrogens is 286 g/mol. The predicted molar refractivity (Wildman–Crippen MR) is 83.0 cm³/mol. The summed E-state index contributed by atoms with van der Waals surface area (Å²) in [5.74, 6) is 0.668. The van der Waals surface area contributed by atoms with E-state index >= 15 is 0 Å². The number of nitrogens with two attached hydrogens (primary N) is 1. The van der Waals surface area contributed by atoms with Gasteiger partial charge in [0.1, 0.15) is 0 Å². The number of rotatable bonds is 3. The molecule has 1 heterocycles. The number of halogens is 1. The van der Waals surface area contributed by atoms with Crippen molar-refractivity contribution in [3.8, 4) is 11.4 Å². The van der Waals surface area contributed by atoms with Crippen molar-refractivity contribution in [2.75, 3.05) is 5.73 Å². The summed E-state index contributed by atoms with van der Waals surface area (Å²) >= 11 is 6.18. The summed E-state index contributed by atoms with van der Waals surface area (Å²) < 4.78 is 1.71. The Morgan fingerprint density at radius 2 is 2.00 bits per heavy atom. The van der Waals surface area contributed by atoms with Crippen LogP contribution in [-0.4, -0.2) is 20.2 Å². The van der Waals surface area contributed by atoms with Crippen molar-refractivity contribution in [2.24, 2.45) is 0 Å². The molecule has 0 saturated carbocycles. The molecule has 0 aliphatic carbocycles. The number of nitrogens with zero attached hydrogens (tertiary/aromatic N) is 4. The molecule has 0 fully saturated rings. The highest BCUT2D eigenvalue weighted by atomic mass is 35.5. The molecule has 106 valence electrons. The van der Waals surface area contributed by atoms with Gasteiger partial charge in [-0.15, -0.1) is 5.10 Å². The van der Waals surface area contributed by atoms with E-state index in [4.69, 9.17) is 17.3 Å². The second kappa shape index (κ2) is 5.54. The predicted octanol–water partition coefficient (Wildman–Crippen LogP) is 2.93. The number of aromatic nitrogens is 4. The second-order valence-corrected chi connectivity index (χ2v) is 5.23. The Bertz CT molecular complexity index is 781. The Morgan fingerprint density at radius 3 is 2.76 bits per heavy atom. The molecule has 2 aromatic carbocycles. The number of hydrogen-bond donors (Lipinski definition) is 1. The van der Waals surface area contributed by atoms with Crippen LogP contribution in [0.1, 0.15) is 11.1 Å². The Hall–Kier alpha value is -2.40. The van der Waals surface area contributed by atoms with Gasteiger partial charge in [0.15, 0.2) is 5.82 Å². The molecule has 0 unspecified atom stereocenters. The van der Waals surface area contributed by atoms with Gasteiger partial charge < -0.3 is 5.73 Å². The molecule has 3 aromatic rings. The van der Waals surface area contributed by atoms with E-state index in [2.05, 4.69) is 15.5 Å². The molecule has 0 bridgehead atoms.